The zero-order valence-corrected chi connectivity index (χ0v) is 35.4. The Morgan fingerprint density at radius 2 is 0.581 bits per heavy atom. The van der Waals surface area contributed by atoms with Crippen molar-refractivity contribution in [1.82, 2.24) is 0 Å². The molecule has 4 aliphatic carbocycles. The normalized spacial score (nSPS) is 16.3. The van der Waals surface area contributed by atoms with Crippen LogP contribution in [0.25, 0.3) is 33.4 Å². The van der Waals surface area contributed by atoms with Crippen LogP contribution in [0.3, 0.4) is 0 Å². The van der Waals surface area contributed by atoms with Gasteiger partial charge in [-0.2, -0.15) is 0 Å². The molecule has 2 fully saturated rings. The van der Waals surface area contributed by atoms with Gasteiger partial charge in [0, 0.05) is 45.0 Å². The van der Waals surface area contributed by atoms with E-state index < -0.39 is 0 Å². The summed E-state index contributed by atoms with van der Waals surface area (Å²) in [6.07, 6.45) is 12.7. The Balaban J connectivity index is 0.884. The van der Waals surface area contributed by atoms with E-state index in [1.165, 1.54) is 143 Å². The fourth-order valence-corrected chi connectivity index (χ4v) is 12.2. The Hall–Kier alpha value is -6.64. The van der Waals surface area contributed by atoms with Crippen LogP contribution in [-0.4, -0.2) is 0 Å². The predicted octanol–water partition coefficient (Wildman–Crippen LogP) is 16.8. The second kappa shape index (κ2) is 15.1. The lowest BCUT2D eigenvalue weighted by Gasteiger charge is -2.36. The van der Waals surface area contributed by atoms with E-state index in [2.05, 4.69) is 204 Å². The molecule has 2 nitrogen and oxygen atoms in total. The van der Waals surface area contributed by atoms with Gasteiger partial charge in [0.1, 0.15) is 0 Å². The monoisotopic (exact) mass is 800 g/mol. The molecule has 0 aromatic heterocycles. The maximum absolute atomic E-state index is 2.52. The summed E-state index contributed by atoms with van der Waals surface area (Å²) in [6.45, 7) is 0. The summed E-state index contributed by atoms with van der Waals surface area (Å²) in [5.41, 5.74) is 21.5. The third kappa shape index (κ3) is 5.91. The molecule has 4 aliphatic rings. The second-order valence-corrected chi connectivity index (χ2v) is 18.3. The van der Waals surface area contributed by atoms with Crippen molar-refractivity contribution in [1.29, 1.82) is 0 Å². The number of para-hydroxylation sites is 2. The maximum atomic E-state index is 2.52. The molecule has 0 heterocycles. The number of benzene rings is 8. The molecule has 0 saturated heterocycles. The minimum absolute atomic E-state index is 0.110. The molecule has 0 aliphatic heterocycles. The Kier molecular flexibility index (Phi) is 9.03. The van der Waals surface area contributed by atoms with Crippen LogP contribution in [0.4, 0.5) is 34.1 Å². The standard InChI is InChI=1S/C60H52N2/c1-5-17-45(18-6-1)61(49-33-35-53-51-21-9-11-23-55(51)59(57(53)41-49)37-13-3-14-38-59)47-29-25-43(26-30-47)44-27-31-48(32-28-44)62(46-19-7-2-8-20-46)50-34-36-54-52-22-10-12-24-56(52)60(58(54)42-50)39-15-4-16-40-60/h1-2,5-12,17-36,41-42H,3-4,13-16,37-40H2. The minimum atomic E-state index is 0.110. The van der Waals surface area contributed by atoms with Crippen LogP contribution in [0, 0.1) is 0 Å². The highest BCUT2D eigenvalue weighted by Crippen LogP contribution is 2.58. The van der Waals surface area contributed by atoms with Crippen molar-refractivity contribution in [2.24, 2.45) is 0 Å². The van der Waals surface area contributed by atoms with Crippen molar-refractivity contribution in [2.75, 3.05) is 9.80 Å². The van der Waals surface area contributed by atoms with Crippen LogP contribution in [-0.2, 0) is 10.8 Å². The number of nitrogens with zero attached hydrogens (tertiary/aromatic N) is 2. The van der Waals surface area contributed by atoms with E-state index in [0.29, 0.717) is 0 Å². The Morgan fingerprint density at radius 1 is 0.258 bits per heavy atom. The summed E-state index contributed by atoms with van der Waals surface area (Å²) in [4.78, 5) is 4.88. The third-order valence-electron chi connectivity index (χ3n) is 15.0. The molecular formula is C60H52N2. The molecule has 0 unspecified atom stereocenters. The molecule has 8 aromatic carbocycles. The summed E-state index contributed by atoms with van der Waals surface area (Å²) in [7, 11) is 0. The summed E-state index contributed by atoms with van der Waals surface area (Å²) in [5, 5.41) is 0. The topological polar surface area (TPSA) is 6.48 Å². The largest absolute Gasteiger partial charge is 0.310 e. The molecule has 0 amide bonds. The highest BCUT2D eigenvalue weighted by Gasteiger charge is 2.45. The first-order valence-electron chi connectivity index (χ1n) is 23.1. The van der Waals surface area contributed by atoms with E-state index in [-0.39, 0.29) is 10.8 Å². The quantitative estimate of drug-likeness (QED) is 0.158. The number of rotatable bonds is 7. The average Bonchev–Trinajstić information content (AvgIpc) is 3.76. The van der Waals surface area contributed by atoms with Crippen molar-refractivity contribution in [3.05, 3.63) is 216 Å². The van der Waals surface area contributed by atoms with Crippen molar-refractivity contribution in [3.63, 3.8) is 0 Å². The van der Waals surface area contributed by atoms with Gasteiger partial charge in [-0.05, 0) is 154 Å². The predicted molar refractivity (Wildman–Crippen MR) is 260 cm³/mol. The van der Waals surface area contributed by atoms with E-state index in [9.17, 15) is 0 Å². The van der Waals surface area contributed by atoms with Crippen LogP contribution in [0.2, 0.25) is 0 Å². The smallest absolute Gasteiger partial charge is 0.0465 e. The van der Waals surface area contributed by atoms with Gasteiger partial charge in [-0.3, -0.25) is 0 Å². The summed E-state index contributed by atoms with van der Waals surface area (Å²) in [6, 6.07) is 73.0. The lowest BCUT2D eigenvalue weighted by molar-refractivity contribution is 0.353. The molecular weight excluding hydrogens is 749 g/mol. The number of anilines is 6. The van der Waals surface area contributed by atoms with Gasteiger partial charge in [0.15, 0.2) is 0 Å². The minimum Gasteiger partial charge on any atom is -0.310 e. The third-order valence-corrected chi connectivity index (χ3v) is 15.0. The van der Waals surface area contributed by atoms with Gasteiger partial charge in [-0.1, -0.05) is 160 Å². The molecule has 302 valence electrons. The van der Waals surface area contributed by atoms with Crippen LogP contribution >= 0.6 is 0 Å². The van der Waals surface area contributed by atoms with E-state index in [1.54, 1.807) is 0 Å². The summed E-state index contributed by atoms with van der Waals surface area (Å²) < 4.78 is 0. The second-order valence-electron chi connectivity index (χ2n) is 18.3. The van der Waals surface area contributed by atoms with Crippen molar-refractivity contribution < 1.29 is 0 Å². The van der Waals surface area contributed by atoms with Crippen LogP contribution in [0.1, 0.15) is 86.5 Å². The maximum Gasteiger partial charge on any atom is 0.0465 e. The first-order valence-corrected chi connectivity index (χ1v) is 23.1. The molecule has 2 spiro atoms. The Morgan fingerprint density at radius 3 is 0.984 bits per heavy atom. The van der Waals surface area contributed by atoms with Gasteiger partial charge in [0.25, 0.3) is 0 Å². The van der Waals surface area contributed by atoms with E-state index in [0.717, 1.165) is 11.4 Å². The van der Waals surface area contributed by atoms with Gasteiger partial charge < -0.3 is 9.80 Å². The van der Waals surface area contributed by atoms with E-state index >= 15 is 0 Å². The first-order chi connectivity index (χ1) is 30.7. The van der Waals surface area contributed by atoms with Gasteiger partial charge in [0.2, 0.25) is 0 Å². The van der Waals surface area contributed by atoms with Gasteiger partial charge in [0.05, 0.1) is 0 Å². The molecule has 0 radical (unpaired) electrons. The van der Waals surface area contributed by atoms with Crippen LogP contribution in [0.5, 0.6) is 0 Å². The molecule has 2 saturated carbocycles. The highest BCUT2D eigenvalue weighted by molar-refractivity contribution is 5.88. The van der Waals surface area contributed by atoms with E-state index in [1.807, 2.05) is 0 Å². The van der Waals surface area contributed by atoms with Gasteiger partial charge in [-0.15, -0.1) is 0 Å². The Bertz CT molecular complexity index is 2700. The molecule has 0 N–H and O–H groups in total. The molecule has 2 heteroatoms. The van der Waals surface area contributed by atoms with Crippen molar-refractivity contribution in [3.8, 4) is 33.4 Å². The molecule has 62 heavy (non-hydrogen) atoms. The average molecular weight is 801 g/mol. The van der Waals surface area contributed by atoms with Crippen LogP contribution < -0.4 is 9.80 Å². The Labute approximate surface area is 367 Å². The van der Waals surface area contributed by atoms with Crippen molar-refractivity contribution in [2.45, 2.75) is 75.0 Å². The number of hydrogen-bond donors (Lipinski definition) is 0. The van der Waals surface area contributed by atoms with Gasteiger partial charge in [-0.25, -0.2) is 0 Å². The summed E-state index contributed by atoms with van der Waals surface area (Å²) >= 11 is 0. The SMILES string of the molecule is c1ccc(N(c2ccc(-c3ccc(N(c4ccccc4)c4ccc5c(c4)C4(CCCCC4)c4ccccc4-5)cc3)cc2)c2ccc3c(c2)C2(CCCCC2)c2ccccc2-3)cc1. The van der Waals surface area contributed by atoms with Crippen LogP contribution in [0.15, 0.2) is 194 Å². The van der Waals surface area contributed by atoms with Crippen molar-refractivity contribution >= 4 is 34.1 Å². The molecule has 0 bridgehead atoms. The first kappa shape index (κ1) is 37.1. The summed E-state index contributed by atoms with van der Waals surface area (Å²) in [5.74, 6) is 0. The van der Waals surface area contributed by atoms with E-state index in [4.69, 9.17) is 0 Å². The van der Waals surface area contributed by atoms with Gasteiger partial charge >= 0.3 is 0 Å². The zero-order chi connectivity index (χ0) is 41.1. The zero-order valence-electron chi connectivity index (χ0n) is 35.4. The number of hydrogen-bond acceptors (Lipinski definition) is 2. The lowest BCUT2D eigenvalue weighted by Crippen LogP contribution is -2.28. The highest BCUT2D eigenvalue weighted by atomic mass is 15.1. The molecule has 8 aromatic rings. The number of fused-ring (bicyclic) bond motifs is 10. The fourth-order valence-electron chi connectivity index (χ4n) is 12.2. The molecule has 12 rings (SSSR count). The lowest BCUT2D eigenvalue weighted by atomic mass is 9.68. The molecule has 0 atom stereocenters. The fraction of sp³-hybridized carbons (Fsp3) is 0.200.